The topological polar surface area (TPSA) is 55.2 Å². The molecule has 1 aromatic carbocycles. The van der Waals surface area contributed by atoms with Crippen molar-refractivity contribution in [2.24, 2.45) is 0 Å². The monoisotopic (exact) mass is 260 g/mol. The van der Waals surface area contributed by atoms with Crippen LogP contribution in [0.5, 0.6) is 0 Å². The molecule has 0 radical (unpaired) electrons. The van der Waals surface area contributed by atoms with Gasteiger partial charge in [-0.05, 0) is 5.56 Å². The van der Waals surface area contributed by atoms with Crippen LogP contribution < -0.4 is 5.32 Å². The van der Waals surface area contributed by atoms with Crippen molar-refractivity contribution in [2.75, 3.05) is 6.54 Å². The number of nitrogens with one attached hydrogen (secondary N) is 1. The molecule has 1 aromatic rings. The minimum atomic E-state index is -0.426. The third-order valence-electron chi connectivity index (χ3n) is 1.89. The van der Waals surface area contributed by atoms with E-state index in [9.17, 15) is 10.1 Å². The van der Waals surface area contributed by atoms with Gasteiger partial charge >= 0.3 is 0 Å². The lowest BCUT2D eigenvalue weighted by atomic mass is 10.2. The lowest BCUT2D eigenvalue weighted by Gasteiger charge is -2.03. The lowest BCUT2D eigenvalue weighted by molar-refractivity contribution is -0.384. The number of hydrogen-bond donors (Lipinski definition) is 1. The molecule has 0 amide bonds. The van der Waals surface area contributed by atoms with Gasteiger partial charge in [0.1, 0.15) is 0 Å². The zero-order valence-corrected chi connectivity index (χ0v) is 9.83. The van der Waals surface area contributed by atoms with Crippen molar-refractivity contribution in [1.82, 2.24) is 5.32 Å². The summed E-state index contributed by atoms with van der Waals surface area (Å²) >= 11 is 11.1. The van der Waals surface area contributed by atoms with Crippen LogP contribution >= 0.6 is 23.2 Å². The summed E-state index contributed by atoms with van der Waals surface area (Å²) in [4.78, 5) is 9.98. The lowest BCUT2D eigenvalue weighted by Crippen LogP contribution is -2.14. The van der Waals surface area contributed by atoms with Gasteiger partial charge in [-0.2, -0.15) is 0 Å². The predicted molar refractivity (Wildman–Crippen MR) is 64.6 cm³/mol. The Morgan fingerprint density at radius 3 is 2.56 bits per heavy atom. The maximum atomic E-state index is 10.4. The molecule has 1 N–H and O–H groups in total. The third kappa shape index (κ3) is 4.18. The molecule has 6 heteroatoms. The van der Waals surface area contributed by atoms with Gasteiger partial charge in [-0.3, -0.25) is 10.1 Å². The molecule has 0 atom stereocenters. The van der Waals surface area contributed by atoms with Crippen molar-refractivity contribution in [3.05, 3.63) is 50.5 Å². The highest BCUT2D eigenvalue weighted by Crippen LogP contribution is 2.11. The van der Waals surface area contributed by atoms with E-state index in [1.165, 1.54) is 17.7 Å². The van der Waals surface area contributed by atoms with E-state index in [0.717, 1.165) is 5.56 Å². The van der Waals surface area contributed by atoms with Crippen molar-refractivity contribution in [1.29, 1.82) is 0 Å². The molecule has 1 rings (SSSR count). The second-order valence-electron chi connectivity index (χ2n) is 3.08. The van der Waals surface area contributed by atoms with E-state index in [2.05, 4.69) is 5.32 Å². The number of nitrogens with zero attached hydrogens (tertiary/aromatic N) is 1. The summed E-state index contributed by atoms with van der Waals surface area (Å²) in [5.41, 5.74) is 2.33. The number of nitro benzene ring substituents is 1. The van der Waals surface area contributed by atoms with Gasteiger partial charge in [0.15, 0.2) is 0 Å². The van der Waals surface area contributed by atoms with Crippen molar-refractivity contribution in [3.8, 4) is 0 Å². The Kier molecular flexibility index (Phi) is 5.25. The highest BCUT2D eigenvalue weighted by molar-refractivity contribution is 6.36. The van der Waals surface area contributed by atoms with E-state index >= 15 is 0 Å². The Bertz CT molecular complexity index is 390. The Morgan fingerprint density at radius 2 is 2.06 bits per heavy atom. The van der Waals surface area contributed by atoms with Crippen LogP contribution in [0.25, 0.3) is 0 Å². The summed E-state index contributed by atoms with van der Waals surface area (Å²) in [5, 5.41) is 14.0. The number of rotatable bonds is 5. The van der Waals surface area contributed by atoms with Gasteiger partial charge in [0.2, 0.25) is 0 Å². The van der Waals surface area contributed by atoms with E-state index in [1.54, 1.807) is 12.1 Å². The van der Waals surface area contributed by atoms with Crippen LogP contribution in [0.15, 0.2) is 34.8 Å². The fourth-order valence-corrected chi connectivity index (χ4v) is 1.27. The summed E-state index contributed by atoms with van der Waals surface area (Å²) < 4.78 is 0. The maximum absolute atomic E-state index is 10.4. The first-order valence-corrected chi connectivity index (χ1v) is 5.33. The van der Waals surface area contributed by atoms with Crippen LogP contribution in [0.2, 0.25) is 0 Å². The first-order valence-electron chi connectivity index (χ1n) is 4.52. The minimum Gasteiger partial charge on any atom is -0.308 e. The van der Waals surface area contributed by atoms with Crippen molar-refractivity contribution >= 4 is 28.9 Å². The normalized spacial score (nSPS) is 11.5. The largest absolute Gasteiger partial charge is 0.308 e. The molecule has 16 heavy (non-hydrogen) atoms. The van der Waals surface area contributed by atoms with Gasteiger partial charge in [0.05, 0.1) is 4.92 Å². The molecular weight excluding hydrogens is 251 g/mol. The Hall–Kier alpha value is -1.10. The van der Waals surface area contributed by atoms with Crippen LogP contribution in [-0.2, 0) is 6.54 Å². The first kappa shape index (κ1) is 13.0. The van der Waals surface area contributed by atoms with Gasteiger partial charge in [-0.25, -0.2) is 0 Å². The second-order valence-corrected chi connectivity index (χ2v) is 3.79. The van der Waals surface area contributed by atoms with Gasteiger partial charge < -0.3 is 5.32 Å². The predicted octanol–water partition coefficient (Wildman–Crippen LogP) is 3.00. The molecule has 86 valence electrons. The van der Waals surface area contributed by atoms with Crippen molar-refractivity contribution < 1.29 is 4.92 Å². The zero-order valence-electron chi connectivity index (χ0n) is 8.32. The zero-order chi connectivity index (χ0) is 12.0. The van der Waals surface area contributed by atoms with E-state index in [0.29, 0.717) is 18.1 Å². The summed E-state index contributed by atoms with van der Waals surface area (Å²) in [7, 11) is 0. The van der Waals surface area contributed by atoms with Crippen LogP contribution in [0.3, 0.4) is 0 Å². The standard InChI is InChI=1S/C10H10Cl2N2O2/c11-5-9(12)7-13-6-8-1-3-10(4-2-8)14(15)16/h1-5,13H,6-7H2. The molecule has 0 aromatic heterocycles. The van der Waals surface area contributed by atoms with Gasteiger partial charge in [0.25, 0.3) is 5.69 Å². The number of halogens is 2. The smallest absolute Gasteiger partial charge is 0.269 e. The maximum Gasteiger partial charge on any atom is 0.269 e. The van der Waals surface area contributed by atoms with Crippen LogP contribution in [0.4, 0.5) is 5.69 Å². The molecule has 0 spiro atoms. The summed E-state index contributed by atoms with van der Waals surface area (Å²) in [6.45, 7) is 1.06. The minimum absolute atomic E-state index is 0.0856. The van der Waals surface area contributed by atoms with E-state index in [1.807, 2.05) is 0 Å². The average Bonchev–Trinajstić information content (AvgIpc) is 2.29. The van der Waals surface area contributed by atoms with Gasteiger partial charge in [-0.15, -0.1) is 0 Å². The second kappa shape index (κ2) is 6.48. The van der Waals surface area contributed by atoms with E-state index in [4.69, 9.17) is 23.2 Å². The van der Waals surface area contributed by atoms with E-state index < -0.39 is 4.92 Å². The SMILES string of the molecule is O=[N+]([O-])c1ccc(CNCC(Cl)=CCl)cc1. The molecule has 0 fully saturated rings. The quantitative estimate of drug-likeness (QED) is 0.654. The highest BCUT2D eigenvalue weighted by Gasteiger charge is 2.03. The van der Waals surface area contributed by atoms with Crippen LogP contribution in [0.1, 0.15) is 5.56 Å². The molecule has 0 saturated heterocycles. The molecule has 0 bridgehead atoms. The summed E-state index contributed by atoms with van der Waals surface area (Å²) in [5.74, 6) is 0. The van der Waals surface area contributed by atoms with Crippen molar-refractivity contribution in [3.63, 3.8) is 0 Å². The number of nitro groups is 1. The Labute approximate surface area is 103 Å². The van der Waals surface area contributed by atoms with Crippen LogP contribution in [0, 0.1) is 10.1 Å². The molecule has 4 nitrogen and oxygen atoms in total. The molecule has 0 saturated carbocycles. The first-order chi connectivity index (χ1) is 7.63. The molecule has 0 aliphatic rings. The Balaban J connectivity index is 2.47. The number of non-ortho nitro benzene ring substituents is 1. The molecule has 0 aliphatic carbocycles. The Morgan fingerprint density at radius 1 is 1.44 bits per heavy atom. The highest BCUT2D eigenvalue weighted by atomic mass is 35.5. The third-order valence-corrected chi connectivity index (χ3v) is 2.51. The summed E-state index contributed by atoms with van der Waals surface area (Å²) in [6, 6.07) is 6.33. The van der Waals surface area contributed by atoms with Gasteiger partial charge in [0, 0.05) is 35.8 Å². The fourth-order valence-electron chi connectivity index (χ4n) is 1.10. The molecule has 0 aliphatic heterocycles. The molecule has 0 unspecified atom stereocenters. The van der Waals surface area contributed by atoms with E-state index in [-0.39, 0.29) is 5.69 Å². The number of hydrogen-bond acceptors (Lipinski definition) is 3. The number of benzene rings is 1. The molecule has 0 heterocycles. The van der Waals surface area contributed by atoms with Crippen molar-refractivity contribution in [2.45, 2.75) is 6.54 Å². The average molecular weight is 261 g/mol. The van der Waals surface area contributed by atoms with Gasteiger partial charge in [-0.1, -0.05) is 35.3 Å². The molecular formula is C10H10Cl2N2O2. The van der Waals surface area contributed by atoms with Crippen LogP contribution in [-0.4, -0.2) is 11.5 Å². The fraction of sp³-hybridized carbons (Fsp3) is 0.200. The summed E-state index contributed by atoms with van der Waals surface area (Å²) in [6.07, 6.45) is 0.